The fraction of sp³-hybridized carbons (Fsp3) is 0.812. The van der Waals surface area contributed by atoms with E-state index in [4.69, 9.17) is 9.53 Å². The van der Waals surface area contributed by atoms with Crippen molar-refractivity contribution in [3.05, 3.63) is 0 Å². The molecular weight excluding hydrogens is 298 g/mol. The van der Waals surface area contributed by atoms with Crippen molar-refractivity contribution in [3.63, 3.8) is 0 Å². The molecule has 0 bridgehead atoms. The molecule has 2 atom stereocenters. The van der Waals surface area contributed by atoms with Gasteiger partial charge in [0, 0.05) is 18.5 Å². The highest BCUT2D eigenvalue weighted by Gasteiger charge is 2.25. The van der Waals surface area contributed by atoms with Crippen LogP contribution in [0.25, 0.3) is 0 Å². The molecule has 1 rings (SSSR count). The average Bonchev–Trinajstić information content (AvgIpc) is 2.42. The Morgan fingerprint density at radius 1 is 1.48 bits per heavy atom. The molecule has 0 aromatic carbocycles. The zero-order valence-corrected chi connectivity index (χ0v) is 15.3. The van der Waals surface area contributed by atoms with Crippen LogP contribution in [-0.4, -0.2) is 36.6 Å². The molecule has 0 saturated carbocycles. The minimum atomic E-state index is -0.494. The fourth-order valence-corrected chi connectivity index (χ4v) is 2.05. The second-order valence-corrected chi connectivity index (χ2v) is 6.05. The van der Waals surface area contributed by atoms with E-state index in [-0.39, 0.29) is 24.3 Å². The van der Waals surface area contributed by atoms with Crippen LogP contribution < -0.4 is 16.4 Å². The van der Waals surface area contributed by atoms with Crippen LogP contribution >= 0.6 is 0 Å². The normalized spacial score (nSPS) is 18.0. The molecule has 136 valence electrons. The fourth-order valence-electron chi connectivity index (χ4n) is 2.05. The number of nitrogens with one attached hydrogen (secondary N) is 2. The molecule has 0 aromatic rings. The molecule has 1 saturated heterocycles. The molecule has 1 fully saturated rings. The number of hydrogen-bond acceptors (Lipinski definition) is 4. The van der Waals surface area contributed by atoms with Crippen molar-refractivity contribution in [1.82, 2.24) is 10.6 Å². The molecule has 1 aliphatic heterocycles. The standard InChI is InChI=1S/C13H24N2O3.C2H6.CH3NO/c1-9(15-12(17)18-13(2,3)4)8-10-6-5-7-14-11(10)16;1-2;2-1-3/h9-10H,5-8H2,1-4H3,(H,14,16)(H,15,17);1-2H3;1H,(H2,2,3). The van der Waals surface area contributed by atoms with E-state index in [1.807, 2.05) is 41.5 Å². The zero-order chi connectivity index (χ0) is 18.5. The monoisotopic (exact) mass is 331 g/mol. The maximum absolute atomic E-state index is 11.6. The van der Waals surface area contributed by atoms with Crippen LogP contribution in [0.4, 0.5) is 4.79 Å². The third-order valence-corrected chi connectivity index (χ3v) is 2.80. The number of alkyl carbamates (subject to hydrolysis) is 1. The van der Waals surface area contributed by atoms with Gasteiger partial charge in [0.05, 0.1) is 0 Å². The summed E-state index contributed by atoms with van der Waals surface area (Å²) >= 11 is 0. The minimum Gasteiger partial charge on any atom is -0.444 e. The van der Waals surface area contributed by atoms with Crippen LogP contribution in [-0.2, 0) is 14.3 Å². The first kappa shape index (κ1) is 23.5. The average molecular weight is 331 g/mol. The SMILES string of the molecule is CC.CC(CC1CCCNC1=O)NC(=O)OC(C)(C)C.NC=O. The summed E-state index contributed by atoms with van der Waals surface area (Å²) in [6.45, 7) is 12.1. The van der Waals surface area contributed by atoms with Gasteiger partial charge in [-0.15, -0.1) is 0 Å². The molecule has 2 unspecified atom stereocenters. The van der Waals surface area contributed by atoms with Crippen LogP contribution in [0, 0.1) is 5.92 Å². The van der Waals surface area contributed by atoms with E-state index in [1.54, 1.807) is 0 Å². The van der Waals surface area contributed by atoms with Gasteiger partial charge in [-0.05, 0) is 47.0 Å². The lowest BCUT2D eigenvalue weighted by Crippen LogP contribution is -2.42. The van der Waals surface area contributed by atoms with Gasteiger partial charge >= 0.3 is 6.09 Å². The van der Waals surface area contributed by atoms with Crippen molar-refractivity contribution >= 4 is 18.4 Å². The van der Waals surface area contributed by atoms with Gasteiger partial charge in [0.2, 0.25) is 12.3 Å². The quantitative estimate of drug-likeness (QED) is 0.686. The molecule has 0 aromatic heterocycles. The summed E-state index contributed by atoms with van der Waals surface area (Å²) in [6, 6.07) is -0.0614. The van der Waals surface area contributed by atoms with Crippen molar-refractivity contribution in [2.45, 2.75) is 72.4 Å². The Labute approximate surface area is 139 Å². The van der Waals surface area contributed by atoms with Gasteiger partial charge in [-0.1, -0.05) is 13.8 Å². The Bertz CT molecular complexity index is 354. The van der Waals surface area contributed by atoms with Gasteiger partial charge in [0.15, 0.2) is 0 Å². The Morgan fingerprint density at radius 2 is 2.00 bits per heavy atom. The number of hydrogen-bond donors (Lipinski definition) is 3. The second kappa shape index (κ2) is 12.7. The van der Waals surface area contributed by atoms with Crippen molar-refractivity contribution < 1.29 is 19.1 Å². The van der Waals surface area contributed by atoms with Gasteiger partial charge < -0.3 is 21.1 Å². The van der Waals surface area contributed by atoms with E-state index in [0.717, 1.165) is 19.4 Å². The number of piperidine rings is 1. The van der Waals surface area contributed by atoms with Gasteiger partial charge in [0.1, 0.15) is 5.60 Å². The highest BCUT2D eigenvalue weighted by atomic mass is 16.6. The molecule has 4 N–H and O–H groups in total. The van der Waals surface area contributed by atoms with Gasteiger partial charge in [0.25, 0.3) is 0 Å². The molecular formula is C16H33N3O4. The van der Waals surface area contributed by atoms with Crippen molar-refractivity contribution in [2.75, 3.05) is 6.54 Å². The highest BCUT2D eigenvalue weighted by molar-refractivity contribution is 5.79. The molecule has 0 spiro atoms. The van der Waals surface area contributed by atoms with E-state index >= 15 is 0 Å². The molecule has 3 amide bonds. The number of ether oxygens (including phenoxy) is 1. The summed E-state index contributed by atoms with van der Waals surface area (Å²) < 4.78 is 5.17. The lowest BCUT2D eigenvalue weighted by Gasteiger charge is -2.26. The summed E-state index contributed by atoms with van der Waals surface area (Å²) in [4.78, 5) is 31.7. The first-order valence-electron chi connectivity index (χ1n) is 8.12. The van der Waals surface area contributed by atoms with Crippen LogP contribution in [0.2, 0.25) is 0 Å². The van der Waals surface area contributed by atoms with Crippen LogP contribution in [0.1, 0.15) is 60.8 Å². The second-order valence-electron chi connectivity index (χ2n) is 6.05. The van der Waals surface area contributed by atoms with Crippen LogP contribution in [0.5, 0.6) is 0 Å². The molecule has 0 radical (unpaired) electrons. The zero-order valence-electron chi connectivity index (χ0n) is 15.3. The first-order chi connectivity index (χ1) is 10.7. The Morgan fingerprint density at radius 3 is 2.43 bits per heavy atom. The summed E-state index contributed by atoms with van der Waals surface area (Å²) in [6.07, 6.45) is 2.39. The Hall–Kier alpha value is -1.79. The summed E-state index contributed by atoms with van der Waals surface area (Å²) in [5.41, 5.74) is 3.67. The molecule has 7 heteroatoms. The number of rotatable bonds is 3. The summed E-state index contributed by atoms with van der Waals surface area (Å²) in [5, 5.41) is 5.61. The van der Waals surface area contributed by atoms with E-state index in [9.17, 15) is 9.59 Å². The maximum atomic E-state index is 11.6. The van der Waals surface area contributed by atoms with E-state index in [1.165, 1.54) is 0 Å². The lowest BCUT2D eigenvalue weighted by molar-refractivity contribution is -0.127. The number of amides is 3. The summed E-state index contributed by atoms with van der Waals surface area (Å²) in [5.74, 6) is 0.0998. The third-order valence-electron chi connectivity index (χ3n) is 2.80. The maximum Gasteiger partial charge on any atom is 0.407 e. The predicted molar refractivity (Wildman–Crippen MR) is 90.8 cm³/mol. The molecule has 7 nitrogen and oxygen atoms in total. The molecule has 1 heterocycles. The highest BCUT2D eigenvalue weighted by Crippen LogP contribution is 2.17. The van der Waals surface area contributed by atoms with E-state index in [2.05, 4.69) is 16.4 Å². The molecule has 23 heavy (non-hydrogen) atoms. The topological polar surface area (TPSA) is 111 Å². The van der Waals surface area contributed by atoms with Crippen molar-refractivity contribution in [1.29, 1.82) is 0 Å². The number of primary amides is 1. The van der Waals surface area contributed by atoms with E-state index in [0.29, 0.717) is 6.42 Å². The molecule has 1 aliphatic rings. The summed E-state index contributed by atoms with van der Waals surface area (Å²) in [7, 11) is 0. The van der Waals surface area contributed by atoms with Gasteiger partial charge in [-0.2, -0.15) is 0 Å². The number of nitrogens with two attached hydrogens (primary N) is 1. The largest absolute Gasteiger partial charge is 0.444 e. The number of carbonyl (C=O) groups excluding carboxylic acids is 3. The van der Waals surface area contributed by atoms with Crippen molar-refractivity contribution in [2.24, 2.45) is 11.7 Å². The molecule has 0 aliphatic carbocycles. The van der Waals surface area contributed by atoms with Crippen molar-refractivity contribution in [3.8, 4) is 0 Å². The predicted octanol–water partition coefficient (Wildman–Crippen LogP) is 1.94. The first-order valence-corrected chi connectivity index (χ1v) is 8.12. The Kier molecular flexibility index (Phi) is 13.0. The minimum absolute atomic E-state index is 0.00341. The number of carbonyl (C=O) groups is 3. The van der Waals surface area contributed by atoms with Gasteiger partial charge in [-0.3, -0.25) is 9.59 Å². The van der Waals surface area contributed by atoms with Crippen LogP contribution in [0.3, 0.4) is 0 Å². The van der Waals surface area contributed by atoms with Crippen LogP contribution in [0.15, 0.2) is 0 Å². The van der Waals surface area contributed by atoms with E-state index < -0.39 is 11.7 Å². The van der Waals surface area contributed by atoms with Gasteiger partial charge in [-0.25, -0.2) is 4.79 Å². The Balaban J connectivity index is 0. The lowest BCUT2D eigenvalue weighted by atomic mass is 9.92. The third kappa shape index (κ3) is 13.6. The smallest absolute Gasteiger partial charge is 0.407 e.